The summed E-state index contributed by atoms with van der Waals surface area (Å²) >= 11 is 0. The topological polar surface area (TPSA) is 163 Å². The molecular formula is C21H27BN4O7. The van der Waals surface area contributed by atoms with Crippen molar-refractivity contribution in [2.24, 2.45) is 11.1 Å². The van der Waals surface area contributed by atoms with Crippen LogP contribution < -0.4 is 25.8 Å². The average molecular weight is 458 g/mol. The number of nitrogens with two attached hydrogens (primary N) is 1. The van der Waals surface area contributed by atoms with Crippen LogP contribution in [-0.4, -0.2) is 84.3 Å². The lowest BCUT2D eigenvalue weighted by atomic mass is 9.78. The van der Waals surface area contributed by atoms with E-state index in [9.17, 15) is 24.5 Å². The number of aryl methyl sites for hydroxylation is 1. The first-order valence-corrected chi connectivity index (χ1v) is 11.2. The normalized spacial score (nSPS) is 28.6. The number of fused-ring (bicyclic) bond motifs is 1. The number of aromatic carboxylic acids is 1. The minimum Gasteiger partial charge on any atom is -0.535 e. The van der Waals surface area contributed by atoms with E-state index in [2.05, 4.69) is 15.5 Å². The Kier molecular flexibility index (Phi) is 5.46. The van der Waals surface area contributed by atoms with Crippen molar-refractivity contribution in [3.63, 3.8) is 0 Å². The summed E-state index contributed by atoms with van der Waals surface area (Å²) in [7, 11) is -1.02. The molecule has 1 aliphatic carbocycles. The molecular weight excluding hydrogens is 431 g/mol. The maximum Gasteiger partial charge on any atom is 0.522 e. The van der Waals surface area contributed by atoms with Crippen LogP contribution in [0.5, 0.6) is 11.5 Å². The molecule has 3 fully saturated rings. The molecule has 1 saturated carbocycles. The molecule has 1 unspecified atom stereocenters. The Morgan fingerprint density at radius 3 is 2.85 bits per heavy atom. The number of likely N-dealkylation sites (tertiary alicyclic amines) is 1. The summed E-state index contributed by atoms with van der Waals surface area (Å²) < 4.78 is 11.4. The van der Waals surface area contributed by atoms with Gasteiger partial charge >= 0.3 is 13.1 Å². The Morgan fingerprint density at radius 2 is 2.12 bits per heavy atom. The van der Waals surface area contributed by atoms with E-state index < -0.39 is 19.0 Å². The van der Waals surface area contributed by atoms with Gasteiger partial charge in [0.05, 0.1) is 12.6 Å². The van der Waals surface area contributed by atoms with Gasteiger partial charge in [-0.25, -0.2) is 4.79 Å². The minimum absolute atomic E-state index is 0.0434. The first-order valence-electron chi connectivity index (χ1n) is 11.2. The second-order valence-electron chi connectivity index (χ2n) is 9.44. The van der Waals surface area contributed by atoms with Gasteiger partial charge in [-0.3, -0.25) is 14.5 Å². The lowest BCUT2D eigenvalue weighted by Gasteiger charge is -2.40. The highest BCUT2D eigenvalue weighted by Crippen LogP contribution is 2.56. The molecule has 0 bridgehead atoms. The number of benzene rings is 1. The summed E-state index contributed by atoms with van der Waals surface area (Å²) in [5, 5.41) is 25.3. The summed E-state index contributed by atoms with van der Waals surface area (Å²) in [6, 6.07) is 3.48. The molecule has 12 heteroatoms. The Labute approximate surface area is 190 Å². The molecule has 33 heavy (non-hydrogen) atoms. The van der Waals surface area contributed by atoms with E-state index in [1.807, 2.05) is 0 Å². The number of carbonyl (C=O) groups is 3. The average Bonchev–Trinajstić information content (AvgIpc) is 3.24. The summed E-state index contributed by atoms with van der Waals surface area (Å²) in [6.45, 7) is 1.92. The third-order valence-corrected chi connectivity index (χ3v) is 7.15. The minimum atomic E-state index is -1.15. The van der Waals surface area contributed by atoms with Gasteiger partial charge in [0.2, 0.25) is 11.8 Å². The lowest BCUT2D eigenvalue weighted by molar-refractivity contribution is -0.126. The Balaban J connectivity index is 1.16. The second-order valence-corrected chi connectivity index (χ2v) is 9.44. The van der Waals surface area contributed by atoms with E-state index in [0.29, 0.717) is 38.3 Å². The van der Waals surface area contributed by atoms with Crippen LogP contribution in [0.2, 0.25) is 6.32 Å². The highest BCUT2D eigenvalue weighted by molar-refractivity contribution is 6.44. The van der Waals surface area contributed by atoms with Crippen molar-refractivity contribution in [3.05, 3.63) is 23.3 Å². The van der Waals surface area contributed by atoms with Gasteiger partial charge in [0.25, 0.3) is 0 Å². The van der Waals surface area contributed by atoms with Gasteiger partial charge in [-0.15, -0.1) is 0 Å². The van der Waals surface area contributed by atoms with Crippen LogP contribution in [0.1, 0.15) is 28.8 Å². The van der Waals surface area contributed by atoms with Crippen LogP contribution in [-0.2, 0) is 16.0 Å². The smallest absolute Gasteiger partial charge is 0.522 e. The number of primary amides is 1. The number of hydrogen-bond donors (Lipinski definition) is 5. The van der Waals surface area contributed by atoms with Crippen molar-refractivity contribution in [1.29, 1.82) is 0 Å². The van der Waals surface area contributed by atoms with Gasteiger partial charge in [-0.2, -0.15) is 0 Å². The first kappa shape index (κ1) is 22.0. The molecule has 1 aromatic rings. The molecule has 1 spiro atoms. The van der Waals surface area contributed by atoms with E-state index in [1.54, 1.807) is 12.1 Å². The van der Waals surface area contributed by atoms with Gasteiger partial charge in [-0.1, -0.05) is 6.07 Å². The third-order valence-electron chi connectivity index (χ3n) is 7.15. The van der Waals surface area contributed by atoms with E-state index in [4.69, 9.17) is 15.1 Å². The van der Waals surface area contributed by atoms with Crippen molar-refractivity contribution >= 4 is 24.9 Å². The van der Waals surface area contributed by atoms with Crippen LogP contribution in [0.15, 0.2) is 12.1 Å². The van der Waals surface area contributed by atoms with Crippen molar-refractivity contribution in [3.8, 4) is 11.5 Å². The molecule has 0 radical (unpaired) electrons. The highest BCUT2D eigenvalue weighted by atomic mass is 16.5. The largest absolute Gasteiger partial charge is 0.535 e. The van der Waals surface area contributed by atoms with Crippen LogP contribution in [0, 0.1) is 5.41 Å². The number of rotatable bonds is 7. The van der Waals surface area contributed by atoms with E-state index >= 15 is 0 Å². The summed E-state index contributed by atoms with van der Waals surface area (Å²) in [6.07, 6.45) is 2.52. The molecule has 5 rings (SSSR count). The van der Waals surface area contributed by atoms with Gasteiger partial charge < -0.3 is 35.9 Å². The molecule has 3 heterocycles. The number of carboxylic acids is 1. The number of carbonyl (C=O) groups excluding carboxylic acids is 2. The molecule has 3 aliphatic heterocycles. The summed E-state index contributed by atoms with van der Waals surface area (Å²) in [5.41, 5.74) is 5.84. The number of nitrogens with zero attached hydrogens (tertiary/aromatic N) is 1. The lowest BCUT2D eigenvalue weighted by Crippen LogP contribution is -2.55. The fourth-order valence-electron chi connectivity index (χ4n) is 5.30. The SMILES string of the molecule is NC(=O)CNC(=O)[C@@H]1C[C@@]2(CN1)CC2N1CC(Oc2ccc3c(c2C(=O)O)OB(O)CC3)C1. The summed E-state index contributed by atoms with van der Waals surface area (Å²) in [4.78, 5) is 37.3. The molecule has 4 aliphatic rings. The van der Waals surface area contributed by atoms with Crippen LogP contribution in [0.4, 0.5) is 0 Å². The van der Waals surface area contributed by atoms with E-state index in [0.717, 1.165) is 18.5 Å². The molecule has 3 atom stereocenters. The standard InChI is InChI=1S/C21H27BN4O7/c23-16(27)7-24-19(28)13-5-21(10-25-13)6-15(21)26-8-12(9-26)32-14-2-1-11-3-4-22(31)33-18(11)17(14)20(29)30/h1-2,12-13,15,25,31H,3-10H2,(H2,23,27)(H,24,28)(H,29,30)/t13-,15?,21-/m0/s1. The molecule has 1 aromatic carbocycles. The summed E-state index contributed by atoms with van der Waals surface area (Å²) in [5.74, 6) is -1.49. The Morgan fingerprint density at radius 1 is 1.33 bits per heavy atom. The zero-order valence-electron chi connectivity index (χ0n) is 18.1. The first-order chi connectivity index (χ1) is 15.8. The quantitative estimate of drug-likeness (QED) is 0.309. The molecule has 6 N–H and O–H groups in total. The van der Waals surface area contributed by atoms with E-state index in [-0.39, 0.29) is 47.1 Å². The maximum absolute atomic E-state index is 12.2. The number of ether oxygens (including phenoxy) is 1. The predicted molar refractivity (Wildman–Crippen MR) is 116 cm³/mol. The van der Waals surface area contributed by atoms with Crippen molar-refractivity contribution in [2.75, 3.05) is 26.2 Å². The second kappa shape index (κ2) is 8.19. The van der Waals surface area contributed by atoms with Crippen molar-refractivity contribution in [1.82, 2.24) is 15.5 Å². The zero-order chi connectivity index (χ0) is 23.3. The molecule has 0 aromatic heterocycles. The fraction of sp³-hybridized carbons (Fsp3) is 0.571. The highest BCUT2D eigenvalue weighted by Gasteiger charge is 2.62. The van der Waals surface area contributed by atoms with Gasteiger partial charge in [0, 0.05) is 31.1 Å². The Hall–Kier alpha value is -2.83. The third kappa shape index (κ3) is 4.14. The fourth-order valence-corrected chi connectivity index (χ4v) is 5.30. The maximum atomic E-state index is 12.2. The van der Waals surface area contributed by atoms with Gasteiger partial charge in [0.1, 0.15) is 23.2 Å². The van der Waals surface area contributed by atoms with Gasteiger partial charge in [0.15, 0.2) is 0 Å². The van der Waals surface area contributed by atoms with Crippen LogP contribution in [0.3, 0.4) is 0 Å². The molecule has 2 amide bonds. The van der Waals surface area contributed by atoms with Crippen molar-refractivity contribution in [2.45, 2.75) is 43.8 Å². The van der Waals surface area contributed by atoms with Crippen LogP contribution in [0.25, 0.3) is 0 Å². The Bertz CT molecular complexity index is 1000. The van der Waals surface area contributed by atoms with Crippen LogP contribution >= 0.6 is 0 Å². The number of amides is 2. The molecule has 11 nitrogen and oxygen atoms in total. The molecule has 2 saturated heterocycles. The number of carboxylic acid groups (broad SMARTS) is 1. The number of nitrogens with one attached hydrogen (secondary N) is 2. The van der Waals surface area contributed by atoms with Crippen molar-refractivity contribution < 1.29 is 33.9 Å². The molecule has 176 valence electrons. The zero-order valence-corrected chi connectivity index (χ0v) is 18.1. The monoisotopic (exact) mass is 458 g/mol. The van der Waals surface area contributed by atoms with E-state index in [1.165, 1.54) is 0 Å². The number of hydrogen-bond acceptors (Lipinski definition) is 8. The predicted octanol–water partition coefficient (Wildman–Crippen LogP) is -1.41. The van der Waals surface area contributed by atoms with Gasteiger partial charge in [-0.05, 0) is 37.2 Å².